The van der Waals surface area contributed by atoms with E-state index in [1.165, 1.54) is 23.3 Å². The van der Waals surface area contributed by atoms with Gasteiger partial charge in [0.05, 0.1) is 23.6 Å². The molecule has 37 heavy (non-hydrogen) atoms. The molecule has 0 aliphatic carbocycles. The predicted octanol–water partition coefficient (Wildman–Crippen LogP) is 5.89. The lowest BCUT2D eigenvalue weighted by molar-refractivity contribution is -0.145. The maximum absolute atomic E-state index is 13.7. The molecule has 1 aliphatic rings. The van der Waals surface area contributed by atoms with Gasteiger partial charge in [0, 0.05) is 12.2 Å². The third-order valence-electron chi connectivity index (χ3n) is 6.62. The van der Waals surface area contributed by atoms with E-state index in [0.29, 0.717) is 23.0 Å². The average molecular weight is 501 g/mol. The van der Waals surface area contributed by atoms with Gasteiger partial charge in [0.1, 0.15) is 17.4 Å². The Morgan fingerprint density at radius 2 is 1.97 bits per heavy atom. The number of carbonyl (C=O) groups excluding carboxylic acids is 1. The van der Waals surface area contributed by atoms with Gasteiger partial charge in [-0.1, -0.05) is 30.3 Å². The second kappa shape index (κ2) is 10.4. The zero-order chi connectivity index (χ0) is 25.9. The van der Waals surface area contributed by atoms with E-state index in [-0.39, 0.29) is 25.1 Å². The minimum atomic E-state index is -0.438. The van der Waals surface area contributed by atoms with Gasteiger partial charge in [0.25, 0.3) is 0 Å². The molecule has 1 atom stereocenters. The van der Waals surface area contributed by atoms with Crippen LogP contribution in [0.2, 0.25) is 0 Å². The topological polar surface area (TPSA) is 76.6 Å². The summed E-state index contributed by atoms with van der Waals surface area (Å²) in [5.74, 6) is 0.871. The lowest BCUT2D eigenvalue weighted by Gasteiger charge is -2.37. The number of ether oxygens (including phenoxy) is 2. The molecule has 3 aromatic carbocycles. The number of aryl methyl sites for hydroxylation is 1. The van der Waals surface area contributed by atoms with E-state index in [9.17, 15) is 9.18 Å². The van der Waals surface area contributed by atoms with E-state index in [1.54, 1.807) is 13.0 Å². The molecule has 1 aromatic heterocycles. The van der Waals surface area contributed by atoms with Crippen LogP contribution in [0.4, 0.5) is 21.8 Å². The fraction of sp³-hybridized carbons (Fsp3) is 0.276. The molecule has 0 amide bonds. The molecular formula is C29H29FN4O3. The summed E-state index contributed by atoms with van der Waals surface area (Å²) >= 11 is 0. The Hall–Kier alpha value is -4.20. The molecule has 0 spiro atoms. The van der Waals surface area contributed by atoms with Gasteiger partial charge in [-0.3, -0.25) is 0 Å². The molecule has 0 radical (unpaired) electrons. The molecule has 0 saturated heterocycles. The maximum Gasteiger partial charge on any atom is 0.344 e. The van der Waals surface area contributed by atoms with Crippen molar-refractivity contribution in [2.24, 2.45) is 0 Å². The number of nitrogens with zero attached hydrogens (tertiary/aromatic N) is 3. The third-order valence-corrected chi connectivity index (χ3v) is 6.62. The normalized spacial score (nSPS) is 14.8. The van der Waals surface area contributed by atoms with Crippen LogP contribution in [0.25, 0.3) is 10.9 Å². The lowest BCUT2D eigenvalue weighted by atomic mass is 9.93. The Kier molecular flexibility index (Phi) is 6.90. The number of carbonyl (C=O) groups is 1. The van der Waals surface area contributed by atoms with Gasteiger partial charge in [-0.05, 0) is 74.2 Å². The van der Waals surface area contributed by atoms with Crippen LogP contribution in [0.15, 0.2) is 60.7 Å². The second-order valence-corrected chi connectivity index (χ2v) is 9.02. The second-order valence-electron chi connectivity index (χ2n) is 9.02. The van der Waals surface area contributed by atoms with Gasteiger partial charge < -0.3 is 19.7 Å². The molecule has 1 unspecified atom stereocenters. The van der Waals surface area contributed by atoms with Crippen LogP contribution in [0.3, 0.4) is 0 Å². The number of esters is 1. The molecular weight excluding hydrogens is 471 g/mol. The van der Waals surface area contributed by atoms with E-state index in [1.807, 2.05) is 25.1 Å². The van der Waals surface area contributed by atoms with Crippen molar-refractivity contribution in [1.82, 2.24) is 9.97 Å². The number of anilines is 3. The number of aromatic nitrogens is 2. The Morgan fingerprint density at radius 1 is 1.14 bits per heavy atom. The van der Waals surface area contributed by atoms with Crippen molar-refractivity contribution in [2.45, 2.75) is 33.2 Å². The van der Waals surface area contributed by atoms with E-state index >= 15 is 0 Å². The number of nitrogens with one attached hydrogen (secondary N) is 1. The molecule has 0 fully saturated rings. The van der Waals surface area contributed by atoms with Crippen LogP contribution in [0, 0.1) is 12.7 Å². The van der Waals surface area contributed by atoms with E-state index in [2.05, 4.69) is 41.4 Å². The van der Waals surface area contributed by atoms with Crippen molar-refractivity contribution >= 4 is 34.3 Å². The molecule has 0 saturated carbocycles. The van der Waals surface area contributed by atoms with Crippen LogP contribution < -0.4 is 15.0 Å². The first kappa shape index (κ1) is 24.5. The molecule has 190 valence electrons. The highest BCUT2D eigenvalue weighted by Crippen LogP contribution is 2.40. The lowest BCUT2D eigenvalue weighted by Crippen LogP contribution is -2.35. The summed E-state index contributed by atoms with van der Waals surface area (Å²) in [5.41, 5.74) is 4.70. The first-order valence-corrected chi connectivity index (χ1v) is 12.4. The predicted molar refractivity (Wildman–Crippen MR) is 142 cm³/mol. The number of hydrogen-bond donors (Lipinski definition) is 1. The number of rotatable bonds is 7. The third kappa shape index (κ3) is 5.05. The van der Waals surface area contributed by atoms with E-state index in [4.69, 9.17) is 19.4 Å². The molecule has 0 bridgehead atoms. The minimum Gasteiger partial charge on any atom is -0.481 e. The van der Waals surface area contributed by atoms with Crippen LogP contribution in [-0.4, -0.2) is 35.7 Å². The Labute approximate surface area is 215 Å². The van der Waals surface area contributed by atoms with Gasteiger partial charge in [0.15, 0.2) is 6.61 Å². The molecule has 8 heteroatoms. The summed E-state index contributed by atoms with van der Waals surface area (Å²) in [4.78, 5) is 23.9. The van der Waals surface area contributed by atoms with Gasteiger partial charge in [-0.2, -0.15) is 4.98 Å². The summed E-state index contributed by atoms with van der Waals surface area (Å²) < 4.78 is 24.6. The molecule has 7 nitrogen and oxygen atoms in total. The number of fused-ring (bicyclic) bond motifs is 2. The van der Waals surface area contributed by atoms with Gasteiger partial charge in [-0.25, -0.2) is 14.2 Å². The zero-order valence-corrected chi connectivity index (χ0v) is 21.1. The van der Waals surface area contributed by atoms with Crippen molar-refractivity contribution in [2.75, 3.05) is 30.0 Å². The SMILES string of the molecule is CCOC(=O)COc1cccc2nc(Nc3ccc(F)cc3C)nc(N3CCc4ccccc4C3C)c12. The Morgan fingerprint density at radius 3 is 2.78 bits per heavy atom. The Bertz CT molecular complexity index is 1460. The van der Waals surface area contributed by atoms with Crippen molar-refractivity contribution in [3.63, 3.8) is 0 Å². The van der Waals surface area contributed by atoms with Gasteiger partial charge >= 0.3 is 5.97 Å². The van der Waals surface area contributed by atoms with Crippen molar-refractivity contribution in [3.8, 4) is 5.75 Å². The van der Waals surface area contributed by atoms with Crippen LogP contribution >= 0.6 is 0 Å². The Balaban J connectivity index is 1.61. The molecule has 1 aliphatic heterocycles. The average Bonchev–Trinajstić information content (AvgIpc) is 2.89. The van der Waals surface area contributed by atoms with Gasteiger partial charge in [-0.15, -0.1) is 0 Å². The zero-order valence-electron chi connectivity index (χ0n) is 21.1. The number of hydrogen-bond acceptors (Lipinski definition) is 7. The highest BCUT2D eigenvalue weighted by Gasteiger charge is 2.28. The van der Waals surface area contributed by atoms with Crippen LogP contribution in [-0.2, 0) is 16.0 Å². The number of benzene rings is 3. The van der Waals surface area contributed by atoms with Crippen molar-refractivity contribution in [1.29, 1.82) is 0 Å². The summed E-state index contributed by atoms with van der Waals surface area (Å²) in [5, 5.41) is 3.98. The summed E-state index contributed by atoms with van der Waals surface area (Å²) in [6, 6.07) is 18.6. The number of halogens is 1. The van der Waals surface area contributed by atoms with E-state index < -0.39 is 5.97 Å². The highest BCUT2D eigenvalue weighted by molar-refractivity contribution is 5.96. The monoisotopic (exact) mass is 500 g/mol. The van der Waals surface area contributed by atoms with E-state index in [0.717, 1.165) is 29.6 Å². The largest absolute Gasteiger partial charge is 0.481 e. The molecule has 5 rings (SSSR count). The van der Waals surface area contributed by atoms with Crippen LogP contribution in [0.5, 0.6) is 5.75 Å². The van der Waals surface area contributed by atoms with Crippen molar-refractivity contribution in [3.05, 3.63) is 83.2 Å². The minimum absolute atomic E-state index is 0.0570. The molecule has 1 N–H and O–H groups in total. The fourth-order valence-corrected chi connectivity index (χ4v) is 4.81. The molecule has 2 heterocycles. The van der Waals surface area contributed by atoms with Crippen molar-refractivity contribution < 1.29 is 18.7 Å². The fourth-order valence-electron chi connectivity index (χ4n) is 4.81. The first-order valence-electron chi connectivity index (χ1n) is 12.4. The smallest absolute Gasteiger partial charge is 0.344 e. The summed E-state index contributed by atoms with van der Waals surface area (Å²) in [6.07, 6.45) is 0.873. The quantitative estimate of drug-likeness (QED) is 0.317. The standard InChI is InChI=1S/C29H29FN4O3/c1-4-36-26(35)17-37-25-11-7-10-24-27(25)28(34-15-14-20-8-5-6-9-22(20)19(34)3)33-29(32-24)31-23-13-12-21(30)16-18(23)2/h5-13,16,19H,4,14-15,17H2,1-3H3,(H,31,32,33). The summed E-state index contributed by atoms with van der Waals surface area (Å²) in [6.45, 7) is 6.58. The van der Waals surface area contributed by atoms with Crippen LogP contribution in [0.1, 0.15) is 36.6 Å². The molecule has 4 aromatic rings. The maximum atomic E-state index is 13.7. The summed E-state index contributed by atoms with van der Waals surface area (Å²) in [7, 11) is 0. The highest BCUT2D eigenvalue weighted by atomic mass is 19.1. The van der Waals surface area contributed by atoms with Gasteiger partial charge in [0.2, 0.25) is 5.95 Å². The first-order chi connectivity index (χ1) is 17.9.